The number of ether oxygens (including phenoxy) is 1. The zero-order valence-corrected chi connectivity index (χ0v) is 10.1. The molecule has 1 heterocycles. The number of rotatable bonds is 6. The first kappa shape index (κ1) is 12.0. The van der Waals surface area contributed by atoms with Crippen molar-refractivity contribution in [1.82, 2.24) is 5.32 Å². The summed E-state index contributed by atoms with van der Waals surface area (Å²) < 4.78 is 6.25. The highest BCUT2D eigenvalue weighted by Gasteiger charge is 2.01. The average molecular weight is 234 g/mol. The molecule has 1 aromatic rings. The van der Waals surface area contributed by atoms with Crippen LogP contribution in [0.2, 0.25) is 4.34 Å². The highest BCUT2D eigenvalue weighted by Crippen LogP contribution is 2.20. The predicted molar refractivity (Wildman–Crippen MR) is 62.1 cm³/mol. The van der Waals surface area contributed by atoms with Crippen LogP contribution in [0, 0.1) is 0 Å². The van der Waals surface area contributed by atoms with Gasteiger partial charge < -0.3 is 10.1 Å². The van der Waals surface area contributed by atoms with Gasteiger partial charge in [0.25, 0.3) is 0 Å². The molecule has 0 fully saturated rings. The number of hydrogen-bond acceptors (Lipinski definition) is 3. The number of hydrogen-bond donors (Lipinski definition) is 1. The molecular formula is C10H16ClNOS. The summed E-state index contributed by atoms with van der Waals surface area (Å²) in [6.07, 6.45) is 0.274. The van der Waals surface area contributed by atoms with E-state index in [1.54, 1.807) is 11.3 Å². The summed E-state index contributed by atoms with van der Waals surface area (Å²) in [7, 11) is 0. The lowest BCUT2D eigenvalue weighted by molar-refractivity contribution is 0.0760. The fourth-order valence-corrected chi connectivity index (χ4v) is 2.25. The summed E-state index contributed by atoms with van der Waals surface area (Å²) in [5.41, 5.74) is 0. The van der Waals surface area contributed by atoms with E-state index in [1.165, 1.54) is 4.88 Å². The maximum absolute atomic E-state index is 5.82. The summed E-state index contributed by atoms with van der Waals surface area (Å²) in [4.78, 5) is 1.26. The van der Waals surface area contributed by atoms with E-state index in [9.17, 15) is 0 Å². The van der Waals surface area contributed by atoms with Crippen LogP contribution in [0.25, 0.3) is 0 Å². The van der Waals surface area contributed by atoms with E-state index in [1.807, 2.05) is 19.1 Å². The van der Waals surface area contributed by atoms with Gasteiger partial charge in [0.1, 0.15) is 0 Å². The molecule has 0 aliphatic heterocycles. The zero-order chi connectivity index (χ0) is 10.4. The van der Waals surface area contributed by atoms with E-state index in [-0.39, 0.29) is 6.10 Å². The lowest BCUT2D eigenvalue weighted by Crippen LogP contribution is -2.26. The minimum Gasteiger partial charge on any atom is -0.377 e. The lowest BCUT2D eigenvalue weighted by atomic mass is 10.4. The van der Waals surface area contributed by atoms with Crippen molar-refractivity contribution in [3.8, 4) is 0 Å². The topological polar surface area (TPSA) is 21.3 Å². The Kier molecular flexibility index (Phi) is 5.48. The number of thiophene rings is 1. The molecule has 0 aromatic carbocycles. The molecule has 1 atom stereocenters. The van der Waals surface area contributed by atoms with Crippen molar-refractivity contribution in [3.05, 3.63) is 21.3 Å². The molecule has 0 saturated carbocycles. The molecule has 0 saturated heterocycles. The van der Waals surface area contributed by atoms with Gasteiger partial charge in [-0.3, -0.25) is 0 Å². The Hall–Kier alpha value is -0.0900. The molecule has 1 N–H and O–H groups in total. The second-order valence-corrected chi connectivity index (χ2v) is 4.90. The Bertz CT molecular complexity index is 264. The normalized spacial score (nSPS) is 13.1. The van der Waals surface area contributed by atoms with Crippen LogP contribution in [0.15, 0.2) is 12.1 Å². The van der Waals surface area contributed by atoms with Crippen molar-refractivity contribution < 1.29 is 4.74 Å². The van der Waals surface area contributed by atoms with Gasteiger partial charge in [-0.1, -0.05) is 11.6 Å². The fourth-order valence-electron chi connectivity index (χ4n) is 1.19. The first-order chi connectivity index (χ1) is 6.72. The minimum atomic E-state index is 0.274. The second kappa shape index (κ2) is 6.40. The van der Waals surface area contributed by atoms with Crippen LogP contribution in [0.5, 0.6) is 0 Å². The smallest absolute Gasteiger partial charge is 0.0931 e. The van der Waals surface area contributed by atoms with Crippen LogP contribution >= 0.6 is 22.9 Å². The van der Waals surface area contributed by atoms with Gasteiger partial charge in [-0.15, -0.1) is 11.3 Å². The van der Waals surface area contributed by atoms with Crippen molar-refractivity contribution in [2.75, 3.05) is 13.2 Å². The highest BCUT2D eigenvalue weighted by atomic mass is 35.5. The van der Waals surface area contributed by atoms with Crippen molar-refractivity contribution in [1.29, 1.82) is 0 Å². The Morgan fingerprint density at radius 2 is 2.36 bits per heavy atom. The van der Waals surface area contributed by atoms with Crippen LogP contribution in [0.1, 0.15) is 18.7 Å². The Labute approximate surface area is 94.2 Å². The maximum atomic E-state index is 5.82. The van der Waals surface area contributed by atoms with Gasteiger partial charge in [0.2, 0.25) is 0 Å². The molecule has 1 unspecified atom stereocenters. The molecule has 4 heteroatoms. The number of halogens is 1. The fraction of sp³-hybridized carbons (Fsp3) is 0.600. The van der Waals surface area contributed by atoms with Gasteiger partial charge in [0.15, 0.2) is 0 Å². The third kappa shape index (κ3) is 4.42. The summed E-state index contributed by atoms with van der Waals surface area (Å²) in [6.45, 7) is 6.60. The quantitative estimate of drug-likeness (QED) is 0.816. The Balaban J connectivity index is 2.15. The van der Waals surface area contributed by atoms with Gasteiger partial charge in [-0.25, -0.2) is 0 Å². The van der Waals surface area contributed by atoms with Crippen LogP contribution in [-0.4, -0.2) is 19.3 Å². The minimum absolute atomic E-state index is 0.274. The molecule has 0 bridgehead atoms. The highest BCUT2D eigenvalue weighted by molar-refractivity contribution is 7.16. The second-order valence-electron chi connectivity index (χ2n) is 3.10. The molecule has 0 aliphatic carbocycles. The molecule has 2 nitrogen and oxygen atoms in total. The third-order valence-electron chi connectivity index (χ3n) is 1.81. The molecule has 80 valence electrons. The van der Waals surface area contributed by atoms with Gasteiger partial charge in [-0.05, 0) is 26.0 Å². The summed E-state index contributed by atoms with van der Waals surface area (Å²) in [5, 5.41) is 3.33. The first-order valence-electron chi connectivity index (χ1n) is 4.79. The van der Waals surface area contributed by atoms with Crippen LogP contribution in [0.4, 0.5) is 0 Å². The summed E-state index contributed by atoms with van der Waals surface area (Å²) >= 11 is 7.43. The molecule has 0 spiro atoms. The van der Waals surface area contributed by atoms with E-state index >= 15 is 0 Å². The van der Waals surface area contributed by atoms with Crippen molar-refractivity contribution >= 4 is 22.9 Å². The van der Waals surface area contributed by atoms with Crippen molar-refractivity contribution in [2.45, 2.75) is 26.5 Å². The van der Waals surface area contributed by atoms with E-state index in [0.29, 0.717) is 0 Å². The Morgan fingerprint density at radius 3 is 2.93 bits per heavy atom. The van der Waals surface area contributed by atoms with Gasteiger partial charge in [-0.2, -0.15) is 0 Å². The van der Waals surface area contributed by atoms with Crippen LogP contribution in [-0.2, 0) is 11.3 Å². The van der Waals surface area contributed by atoms with Crippen molar-refractivity contribution in [3.63, 3.8) is 0 Å². The summed E-state index contributed by atoms with van der Waals surface area (Å²) in [6, 6.07) is 3.97. The van der Waals surface area contributed by atoms with E-state index < -0.39 is 0 Å². The van der Waals surface area contributed by atoms with Gasteiger partial charge in [0, 0.05) is 24.6 Å². The number of nitrogens with one attached hydrogen (secondary N) is 1. The summed E-state index contributed by atoms with van der Waals surface area (Å²) in [5.74, 6) is 0. The van der Waals surface area contributed by atoms with Crippen LogP contribution in [0.3, 0.4) is 0 Å². The lowest BCUT2D eigenvalue weighted by Gasteiger charge is -2.11. The van der Waals surface area contributed by atoms with Crippen molar-refractivity contribution in [2.24, 2.45) is 0 Å². The van der Waals surface area contributed by atoms with Gasteiger partial charge in [0.05, 0.1) is 10.4 Å². The molecular weight excluding hydrogens is 218 g/mol. The molecule has 0 aliphatic rings. The molecule has 0 radical (unpaired) electrons. The molecule has 0 amide bonds. The first-order valence-corrected chi connectivity index (χ1v) is 5.98. The monoisotopic (exact) mass is 233 g/mol. The zero-order valence-electron chi connectivity index (χ0n) is 8.55. The predicted octanol–water partition coefficient (Wildman–Crippen LogP) is 2.92. The standard InChI is InChI=1S/C10H16ClNOS/c1-3-13-8(2)6-12-7-9-4-5-10(11)14-9/h4-5,8,12H,3,6-7H2,1-2H3. The molecule has 1 rings (SSSR count). The van der Waals surface area contributed by atoms with E-state index in [2.05, 4.69) is 12.2 Å². The maximum Gasteiger partial charge on any atom is 0.0931 e. The molecule has 14 heavy (non-hydrogen) atoms. The third-order valence-corrected chi connectivity index (χ3v) is 3.04. The van der Waals surface area contributed by atoms with Gasteiger partial charge >= 0.3 is 0 Å². The van der Waals surface area contributed by atoms with Crippen LogP contribution < -0.4 is 5.32 Å². The van der Waals surface area contributed by atoms with E-state index in [0.717, 1.165) is 24.0 Å². The molecule has 1 aromatic heterocycles. The Morgan fingerprint density at radius 1 is 1.57 bits per heavy atom. The SMILES string of the molecule is CCOC(C)CNCc1ccc(Cl)s1. The largest absolute Gasteiger partial charge is 0.377 e. The average Bonchev–Trinajstić information content (AvgIpc) is 2.52. The van der Waals surface area contributed by atoms with E-state index in [4.69, 9.17) is 16.3 Å².